The van der Waals surface area contributed by atoms with Crippen molar-refractivity contribution in [3.8, 4) is 0 Å². The smallest absolute Gasteiger partial charge is 0.408 e. The maximum absolute atomic E-state index is 11.6. The summed E-state index contributed by atoms with van der Waals surface area (Å²) >= 11 is 0. The number of hydrogen-bond acceptors (Lipinski definition) is 6. The maximum atomic E-state index is 11.6. The number of nitrogens with one attached hydrogen (secondary N) is 4. The summed E-state index contributed by atoms with van der Waals surface area (Å²) in [4.78, 5) is 45.9. The number of rotatable bonds is 7. The number of amides is 4. The Bertz CT molecular complexity index is 508. The van der Waals surface area contributed by atoms with E-state index in [1.165, 1.54) is 0 Å². The fourth-order valence-electron chi connectivity index (χ4n) is 1.45. The third kappa shape index (κ3) is 15.0. The summed E-state index contributed by atoms with van der Waals surface area (Å²) in [6.07, 6.45) is -1.29. The van der Waals surface area contributed by atoms with E-state index < -0.39 is 35.2 Å². The second-order valence-corrected chi connectivity index (χ2v) is 7.41. The van der Waals surface area contributed by atoms with Crippen LogP contribution in [-0.4, -0.2) is 61.4 Å². The highest BCUT2D eigenvalue weighted by molar-refractivity contribution is 5.87. The van der Waals surface area contributed by atoms with Crippen LogP contribution >= 0.6 is 0 Å². The van der Waals surface area contributed by atoms with Gasteiger partial charge in [-0.3, -0.25) is 9.59 Å². The van der Waals surface area contributed by atoms with E-state index in [1.54, 1.807) is 41.5 Å². The van der Waals surface area contributed by atoms with Crippen molar-refractivity contribution in [2.24, 2.45) is 0 Å². The zero-order chi connectivity index (χ0) is 20.4. The molecule has 4 N–H and O–H groups in total. The molecule has 26 heavy (non-hydrogen) atoms. The highest BCUT2D eigenvalue weighted by Gasteiger charge is 2.17. The third-order valence-electron chi connectivity index (χ3n) is 2.35. The number of ether oxygens (including phenoxy) is 2. The molecule has 0 aliphatic heterocycles. The molecule has 10 nitrogen and oxygen atoms in total. The van der Waals surface area contributed by atoms with Gasteiger partial charge in [-0.2, -0.15) is 0 Å². The molecule has 0 rings (SSSR count). The maximum Gasteiger partial charge on any atom is 0.408 e. The molecule has 150 valence electrons. The van der Waals surface area contributed by atoms with Crippen molar-refractivity contribution >= 4 is 24.0 Å². The van der Waals surface area contributed by atoms with Crippen molar-refractivity contribution < 1.29 is 28.7 Å². The molecule has 0 bridgehead atoms. The van der Waals surface area contributed by atoms with E-state index >= 15 is 0 Å². The van der Waals surface area contributed by atoms with Gasteiger partial charge in [-0.05, 0) is 41.5 Å². The summed E-state index contributed by atoms with van der Waals surface area (Å²) in [5.74, 6) is -0.959. The van der Waals surface area contributed by atoms with Crippen molar-refractivity contribution in [1.82, 2.24) is 21.3 Å². The van der Waals surface area contributed by atoms with Crippen LogP contribution in [0.3, 0.4) is 0 Å². The monoisotopic (exact) mass is 374 g/mol. The van der Waals surface area contributed by atoms with E-state index in [0.29, 0.717) is 0 Å². The first-order valence-electron chi connectivity index (χ1n) is 8.25. The van der Waals surface area contributed by atoms with E-state index in [1.807, 2.05) is 0 Å². The zero-order valence-corrected chi connectivity index (χ0v) is 16.3. The molecule has 0 saturated heterocycles. The van der Waals surface area contributed by atoms with Gasteiger partial charge in [0.1, 0.15) is 17.7 Å². The molecular weight excluding hydrogens is 344 g/mol. The number of carbonyl (C=O) groups excluding carboxylic acids is 4. The lowest BCUT2D eigenvalue weighted by atomic mass is 10.2. The first-order valence-corrected chi connectivity index (χ1v) is 8.25. The average Bonchev–Trinajstić information content (AvgIpc) is 2.44. The topological polar surface area (TPSA) is 135 Å². The summed E-state index contributed by atoms with van der Waals surface area (Å²) in [7, 11) is 0. The van der Waals surface area contributed by atoms with Crippen LogP contribution in [0, 0.1) is 0 Å². The quantitative estimate of drug-likeness (QED) is 0.472. The van der Waals surface area contributed by atoms with Crippen LogP contribution in [0.25, 0.3) is 0 Å². The largest absolute Gasteiger partial charge is 0.444 e. The van der Waals surface area contributed by atoms with E-state index in [-0.39, 0.29) is 26.2 Å². The van der Waals surface area contributed by atoms with Crippen LogP contribution in [-0.2, 0) is 19.1 Å². The van der Waals surface area contributed by atoms with Gasteiger partial charge >= 0.3 is 12.2 Å². The second-order valence-electron chi connectivity index (χ2n) is 7.41. The van der Waals surface area contributed by atoms with Gasteiger partial charge in [0.25, 0.3) is 0 Å². The van der Waals surface area contributed by atoms with Crippen molar-refractivity contribution in [2.75, 3.05) is 26.2 Å². The Kier molecular flexibility index (Phi) is 9.45. The summed E-state index contributed by atoms with van der Waals surface area (Å²) in [5.41, 5.74) is -1.25. The molecule has 0 spiro atoms. The molecule has 0 saturated carbocycles. The summed E-state index contributed by atoms with van der Waals surface area (Å²) in [6.45, 7) is 10.2. The van der Waals surface area contributed by atoms with E-state index in [9.17, 15) is 19.2 Å². The first-order chi connectivity index (χ1) is 11.8. The molecule has 0 aromatic carbocycles. The second kappa shape index (κ2) is 10.5. The summed E-state index contributed by atoms with van der Waals surface area (Å²) in [5, 5.41) is 9.63. The molecule has 0 aliphatic carbocycles. The standard InChI is InChI=1S/C16H30N4O6/c1-15(2,3)25-13(23)18-8-7-17-11(21)9-19-12(22)10-20-14(24)26-16(4,5)6/h7-10H2,1-6H3,(H,17,21)(H,18,23)(H,19,22)(H,20,24). The van der Waals surface area contributed by atoms with Gasteiger partial charge in [-0.15, -0.1) is 0 Å². The van der Waals surface area contributed by atoms with Gasteiger partial charge in [-0.1, -0.05) is 0 Å². The van der Waals surface area contributed by atoms with Crippen LogP contribution in [0.4, 0.5) is 9.59 Å². The minimum atomic E-state index is -0.717. The van der Waals surface area contributed by atoms with Crippen LogP contribution in [0.5, 0.6) is 0 Å². The molecule has 0 aromatic heterocycles. The molecule has 0 heterocycles. The molecule has 0 radical (unpaired) electrons. The molecule has 10 heteroatoms. The van der Waals surface area contributed by atoms with Crippen molar-refractivity contribution in [3.63, 3.8) is 0 Å². The molecule has 0 aromatic rings. The molecule has 0 aliphatic rings. The average molecular weight is 374 g/mol. The minimum absolute atomic E-state index is 0.185. The highest BCUT2D eigenvalue weighted by Crippen LogP contribution is 2.06. The lowest BCUT2D eigenvalue weighted by molar-refractivity contribution is -0.125. The van der Waals surface area contributed by atoms with Gasteiger partial charge in [0.05, 0.1) is 6.54 Å². The Labute approximate surface area is 153 Å². The predicted molar refractivity (Wildman–Crippen MR) is 94.5 cm³/mol. The van der Waals surface area contributed by atoms with Crippen molar-refractivity contribution in [1.29, 1.82) is 0 Å². The molecule has 0 fully saturated rings. The first kappa shape index (κ1) is 23.5. The number of alkyl carbamates (subject to hydrolysis) is 2. The molecular formula is C16H30N4O6. The van der Waals surface area contributed by atoms with Gasteiger partial charge in [0.15, 0.2) is 0 Å². The third-order valence-corrected chi connectivity index (χ3v) is 2.35. The van der Waals surface area contributed by atoms with Crippen LogP contribution < -0.4 is 21.3 Å². The van der Waals surface area contributed by atoms with E-state index in [2.05, 4.69) is 21.3 Å². The normalized spacial score (nSPS) is 11.2. The summed E-state index contributed by atoms with van der Waals surface area (Å²) in [6, 6.07) is 0. The summed E-state index contributed by atoms with van der Waals surface area (Å²) < 4.78 is 10.0. The minimum Gasteiger partial charge on any atom is -0.444 e. The molecule has 0 unspecified atom stereocenters. The SMILES string of the molecule is CC(C)(C)OC(=O)NCCNC(=O)CNC(=O)CNC(=O)OC(C)(C)C. The Morgan fingerprint density at radius 1 is 0.615 bits per heavy atom. The van der Waals surface area contributed by atoms with Crippen LogP contribution in [0.1, 0.15) is 41.5 Å². The van der Waals surface area contributed by atoms with Crippen LogP contribution in [0.2, 0.25) is 0 Å². The Balaban J connectivity index is 3.80. The van der Waals surface area contributed by atoms with Gasteiger partial charge in [0.2, 0.25) is 11.8 Å². The Morgan fingerprint density at radius 2 is 1.00 bits per heavy atom. The fraction of sp³-hybridized carbons (Fsp3) is 0.750. The Morgan fingerprint density at radius 3 is 1.50 bits per heavy atom. The molecule has 4 amide bonds. The predicted octanol–water partition coefficient (Wildman–Crippen LogP) is 0.268. The fourth-order valence-corrected chi connectivity index (χ4v) is 1.45. The van der Waals surface area contributed by atoms with Gasteiger partial charge < -0.3 is 30.7 Å². The lowest BCUT2D eigenvalue weighted by Gasteiger charge is -2.19. The van der Waals surface area contributed by atoms with E-state index in [0.717, 1.165) is 0 Å². The Hall–Kier alpha value is -2.52. The lowest BCUT2D eigenvalue weighted by Crippen LogP contribution is -2.44. The molecule has 0 atom stereocenters. The highest BCUT2D eigenvalue weighted by atomic mass is 16.6. The van der Waals surface area contributed by atoms with Crippen molar-refractivity contribution in [2.45, 2.75) is 52.7 Å². The van der Waals surface area contributed by atoms with E-state index in [4.69, 9.17) is 9.47 Å². The zero-order valence-electron chi connectivity index (χ0n) is 16.3. The van der Waals surface area contributed by atoms with Crippen LogP contribution in [0.15, 0.2) is 0 Å². The van der Waals surface area contributed by atoms with Gasteiger partial charge in [-0.25, -0.2) is 9.59 Å². The number of carbonyl (C=O) groups is 4. The van der Waals surface area contributed by atoms with Gasteiger partial charge in [0, 0.05) is 13.1 Å². The van der Waals surface area contributed by atoms with Crippen molar-refractivity contribution in [3.05, 3.63) is 0 Å². The number of hydrogen-bond donors (Lipinski definition) is 4.